The average Bonchev–Trinajstić information content (AvgIpc) is 2.96. The van der Waals surface area contributed by atoms with Gasteiger partial charge in [-0.3, -0.25) is 0 Å². The number of imidazole rings is 1. The van der Waals surface area contributed by atoms with Gasteiger partial charge in [0.15, 0.2) is 5.89 Å². The molecule has 0 aliphatic rings. The first-order valence-electron chi connectivity index (χ1n) is 6.86. The third kappa shape index (κ3) is 4.53. The average molecular weight is 273 g/mol. The summed E-state index contributed by atoms with van der Waals surface area (Å²) >= 11 is 0. The Kier molecular flexibility index (Phi) is 5.97. The molecule has 0 unspecified atom stereocenters. The third-order valence-electron chi connectivity index (χ3n) is 2.49. The van der Waals surface area contributed by atoms with Crippen molar-refractivity contribution in [3.63, 3.8) is 0 Å². The second-order valence-corrected chi connectivity index (χ2v) is 4.33. The molecule has 1 N–H and O–H groups in total. The molecule has 4 nitrogen and oxygen atoms in total. The van der Waals surface area contributed by atoms with E-state index in [1.807, 2.05) is 40.7 Å². The molecule has 0 saturated heterocycles. The normalized spacial score (nSPS) is 9.50. The molecule has 0 spiro atoms. The molecule has 3 rings (SSSR count). The van der Waals surface area contributed by atoms with E-state index in [0.717, 1.165) is 28.5 Å². The molecule has 1 aromatic carbocycles. The molecule has 4 heteroatoms. The van der Waals surface area contributed by atoms with Crippen molar-refractivity contribution >= 4 is 11.0 Å². The summed E-state index contributed by atoms with van der Waals surface area (Å²) in [6.45, 7) is 11.7. The van der Waals surface area contributed by atoms with Crippen molar-refractivity contribution in [2.75, 3.05) is 0 Å². The van der Waals surface area contributed by atoms with Gasteiger partial charge in [-0.2, -0.15) is 0 Å². The summed E-state index contributed by atoms with van der Waals surface area (Å²) in [5, 5.41) is 0. The van der Waals surface area contributed by atoms with Gasteiger partial charge in [0.25, 0.3) is 0 Å². The molecule has 0 aliphatic heterocycles. The zero-order valence-electron chi connectivity index (χ0n) is 13.1. The Morgan fingerprint density at radius 3 is 2.25 bits per heavy atom. The van der Waals surface area contributed by atoms with Crippen LogP contribution in [0.1, 0.15) is 36.9 Å². The van der Waals surface area contributed by atoms with Gasteiger partial charge in [-0.05, 0) is 38.5 Å². The van der Waals surface area contributed by atoms with Gasteiger partial charge in [-0.1, -0.05) is 19.9 Å². The first kappa shape index (κ1) is 16.0. The monoisotopic (exact) mass is 273 g/mol. The number of aromatic nitrogens is 3. The fraction of sp³-hybridized carbons (Fsp3) is 0.375. The van der Waals surface area contributed by atoms with E-state index < -0.39 is 0 Å². The predicted octanol–water partition coefficient (Wildman–Crippen LogP) is 4.50. The lowest BCUT2D eigenvalue weighted by Gasteiger charge is -1.89. The molecular formula is C16H23N3O. The summed E-state index contributed by atoms with van der Waals surface area (Å²) in [6, 6.07) is 6.21. The molecule has 20 heavy (non-hydrogen) atoms. The molecule has 0 fully saturated rings. The summed E-state index contributed by atoms with van der Waals surface area (Å²) < 4.78 is 4.97. The number of aryl methyl sites for hydroxylation is 4. The number of nitrogens with zero attached hydrogens (tertiary/aromatic N) is 2. The Balaban J connectivity index is 0.000000193. The lowest BCUT2D eigenvalue weighted by Crippen LogP contribution is -1.71. The van der Waals surface area contributed by atoms with Crippen molar-refractivity contribution in [2.45, 2.75) is 41.5 Å². The van der Waals surface area contributed by atoms with E-state index in [-0.39, 0.29) is 0 Å². The van der Waals surface area contributed by atoms with Gasteiger partial charge in [0.05, 0.1) is 17.2 Å². The highest BCUT2D eigenvalue weighted by atomic mass is 16.3. The minimum atomic E-state index is 0.734. The van der Waals surface area contributed by atoms with Gasteiger partial charge in [-0.15, -0.1) is 0 Å². The second-order valence-electron chi connectivity index (χ2n) is 4.33. The van der Waals surface area contributed by atoms with E-state index in [0.29, 0.717) is 0 Å². The summed E-state index contributed by atoms with van der Waals surface area (Å²) in [5.74, 6) is 2.58. The van der Waals surface area contributed by atoms with Crippen LogP contribution in [0.4, 0.5) is 0 Å². The van der Waals surface area contributed by atoms with Crippen LogP contribution in [-0.4, -0.2) is 15.0 Å². The third-order valence-corrected chi connectivity index (χ3v) is 2.49. The number of fused-ring (bicyclic) bond motifs is 1. The van der Waals surface area contributed by atoms with Crippen LogP contribution >= 0.6 is 0 Å². The zero-order valence-corrected chi connectivity index (χ0v) is 13.1. The van der Waals surface area contributed by atoms with Crippen LogP contribution < -0.4 is 0 Å². The first-order chi connectivity index (χ1) is 9.54. The standard InChI is InChI=1S/C9H10N2.C5H7NO.C2H6/c1-6-3-4-8-9(5-6)11-7(2)10-8;1-4-3-6-5(2)7-4;1-2/h3-5H,1-2H3,(H,10,11);3H,1-2H3;1-2H3. The quantitative estimate of drug-likeness (QED) is 0.656. The van der Waals surface area contributed by atoms with Crippen molar-refractivity contribution in [1.29, 1.82) is 0 Å². The Hall–Kier alpha value is -2.10. The number of hydrogen-bond donors (Lipinski definition) is 1. The molecule has 108 valence electrons. The van der Waals surface area contributed by atoms with Gasteiger partial charge >= 0.3 is 0 Å². The van der Waals surface area contributed by atoms with E-state index >= 15 is 0 Å². The van der Waals surface area contributed by atoms with Crippen LogP contribution in [0.2, 0.25) is 0 Å². The van der Waals surface area contributed by atoms with Crippen LogP contribution in [0.15, 0.2) is 28.8 Å². The molecule has 0 aliphatic carbocycles. The number of H-pyrrole nitrogens is 1. The maximum Gasteiger partial charge on any atom is 0.191 e. The number of rotatable bonds is 0. The molecule has 0 bridgehead atoms. The Labute approximate surface area is 120 Å². The van der Waals surface area contributed by atoms with E-state index in [9.17, 15) is 0 Å². The molecule has 0 radical (unpaired) electrons. The summed E-state index contributed by atoms with van der Waals surface area (Å²) in [4.78, 5) is 11.3. The Morgan fingerprint density at radius 1 is 1.05 bits per heavy atom. The van der Waals surface area contributed by atoms with E-state index in [1.54, 1.807) is 6.20 Å². The molecule has 0 amide bonds. The van der Waals surface area contributed by atoms with Crippen LogP contribution in [0.25, 0.3) is 11.0 Å². The van der Waals surface area contributed by atoms with Crippen LogP contribution in [0.5, 0.6) is 0 Å². The summed E-state index contributed by atoms with van der Waals surface area (Å²) in [7, 11) is 0. The molecule has 2 heterocycles. The van der Waals surface area contributed by atoms with Crippen molar-refractivity contribution in [3.8, 4) is 0 Å². The molecule has 0 saturated carbocycles. The highest BCUT2D eigenvalue weighted by Gasteiger charge is 1.96. The van der Waals surface area contributed by atoms with Crippen molar-refractivity contribution < 1.29 is 4.42 Å². The first-order valence-corrected chi connectivity index (χ1v) is 6.86. The highest BCUT2D eigenvalue weighted by molar-refractivity contribution is 5.75. The second kappa shape index (κ2) is 7.48. The molecule has 3 aromatic rings. The summed E-state index contributed by atoms with van der Waals surface area (Å²) in [6.07, 6.45) is 1.70. The lowest BCUT2D eigenvalue weighted by atomic mass is 10.2. The Morgan fingerprint density at radius 2 is 1.75 bits per heavy atom. The topological polar surface area (TPSA) is 54.7 Å². The SMILES string of the molecule is CC.Cc1ccc2nc(C)[nH]c2c1.Cc1cnc(C)o1. The van der Waals surface area contributed by atoms with Gasteiger partial charge in [0.1, 0.15) is 11.6 Å². The van der Waals surface area contributed by atoms with E-state index in [1.165, 1.54) is 5.56 Å². The molecule has 2 aromatic heterocycles. The number of aromatic amines is 1. The fourth-order valence-electron chi connectivity index (χ4n) is 1.72. The number of benzene rings is 1. The number of nitrogens with one attached hydrogen (secondary N) is 1. The van der Waals surface area contributed by atoms with Crippen molar-refractivity contribution in [2.24, 2.45) is 0 Å². The highest BCUT2D eigenvalue weighted by Crippen LogP contribution is 2.12. The van der Waals surface area contributed by atoms with Crippen LogP contribution in [0.3, 0.4) is 0 Å². The maximum absolute atomic E-state index is 4.97. The maximum atomic E-state index is 4.97. The van der Waals surface area contributed by atoms with Gasteiger partial charge < -0.3 is 9.40 Å². The largest absolute Gasteiger partial charge is 0.446 e. The smallest absolute Gasteiger partial charge is 0.191 e. The van der Waals surface area contributed by atoms with Crippen molar-refractivity contribution in [3.05, 3.63) is 47.4 Å². The van der Waals surface area contributed by atoms with Crippen LogP contribution in [-0.2, 0) is 0 Å². The lowest BCUT2D eigenvalue weighted by molar-refractivity contribution is 0.494. The van der Waals surface area contributed by atoms with Gasteiger partial charge in [-0.25, -0.2) is 9.97 Å². The predicted molar refractivity (Wildman–Crippen MR) is 82.9 cm³/mol. The minimum absolute atomic E-state index is 0.734. The van der Waals surface area contributed by atoms with Gasteiger partial charge in [0.2, 0.25) is 0 Å². The number of oxazole rings is 1. The van der Waals surface area contributed by atoms with Gasteiger partial charge in [0, 0.05) is 6.92 Å². The summed E-state index contributed by atoms with van der Waals surface area (Å²) in [5.41, 5.74) is 3.44. The van der Waals surface area contributed by atoms with E-state index in [2.05, 4.69) is 34.0 Å². The minimum Gasteiger partial charge on any atom is -0.446 e. The van der Waals surface area contributed by atoms with Crippen molar-refractivity contribution in [1.82, 2.24) is 15.0 Å². The van der Waals surface area contributed by atoms with Crippen LogP contribution in [0, 0.1) is 27.7 Å². The molecule has 0 atom stereocenters. The fourth-order valence-corrected chi connectivity index (χ4v) is 1.72. The zero-order chi connectivity index (χ0) is 15.1. The molecular weight excluding hydrogens is 250 g/mol. The number of hydrogen-bond acceptors (Lipinski definition) is 3. The Bertz CT molecular complexity index is 636. The van der Waals surface area contributed by atoms with E-state index in [4.69, 9.17) is 4.42 Å².